The van der Waals surface area contributed by atoms with Crippen LogP contribution in [0.5, 0.6) is 11.5 Å². The molecule has 0 saturated carbocycles. The van der Waals surface area contributed by atoms with Crippen molar-refractivity contribution < 1.29 is 19.1 Å². The highest BCUT2D eigenvalue weighted by Gasteiger charge is 2.27. The van der Waals surface area contributed by atoms with Crippen molar-refractivity contribution in [1.82, 2.24) is 10.2 Å². The largest absolute Gasteiger partial charge is 0.497 e. The van der Waals surface area contributed by atoms with Gasteiger partial charge in [0.1, 0.15) is 17.5 Å². The van der Waals surface area contributed by atoms with Crippen LogP contribution < -0.4 is 14.8 Å². The van der Waals surface area contributed by atoms with Gasteiger partial charge in [0.2, 0.25) is 5.91 Å². The topological polar surface area (TPSA) is 67.9 Å². The van der Waals surface area contributed by atoms with Gasteiger partial charge in [-0.2, -0.15) is 0 Å². The molecule has 32 heavy (non-hydrogen) atoms. The third-order valence-corrected chi connectivity index (χ3v) is 5.80. The van der Waals surface area contributed by atoms with Crippen LogP contribution in [0.4, 0.5) is 0 Å². The molecule has 174 valence electrons. The molecule has 2 aromatic rings. The summed E-state index contributed by atoms with van der Waals surface area (Å²) in [5.74, 6) is 1.01. The second kappa shape index (κ2) is 11.6. The summed E-state index contributed by atoms with van der Waals surface area (Å²) in [5, 5.41) is 2.97. The van der Waals surface area contributed by atoms with Crippen molar-refractivity contribution in [3.63, 3.8) is 0 Å². The Kier molecular flexibility index (Phi) is 9.12. The molecule has 6 heteroatoms. The van der Waals surface area contributed by atoms with Crippen molar-refractivity contribution in [3.05, 3.63) is 58.7 Å². The number of nitrogens with one attached hydrogen (secondary N) is 1. The van der Waals surface area contributed by atoms with Gasteiger partial charge < -0.3 is 19.7 Å². The van der Waals surface area contributed by atoms with Crippen molar-refractivity contribution >= 4 is 11.8 Å². The molecule has 0 aromatic heterocycles. The molecule has 0 radical (unpaired) electrons. The maximum atomic E-state index is 13.2. The zero-order valence-corrected chi connectivity index (χ0v) is 20.3. The van der Waals surface area contributed by atoms with Gasteiger partial charge in [0.25, 0.3) is 5.91 Å². The molecule has 2 atom stereocenters. The Morgan fingerprint density at radius 2 is 1.72 bits per heavy atom. The number of nitrogens with zero attached hydrogens (tertiary/aromatic N) is 1. The third kappa shape index (κ3) is 6.74. The zero-order valence-electron chi connectivity index (χ0n) is 20.3. The van der Waals surface area contributed by atoms with Crippen LogP contribution in [0.25, 0.3) is 0 Å². The van der Waals surface area contributed by atoms with E-state index in [2.05, 4.69) is 11.4 Å². The van der Waals surface area contributed by atoms with Crippen LogP contribution in [-0.4, -0.2) is 42.5 Å². The number of ether oxygens (including phenoxy) is 2. The van der Waals surface area contributed by atoms with Gasteiger partial charge in [0, 0.05) is 12.6 Å². The molecule has 0 fully saturated rings. The fourth-order valence-corrected chi connectivity index (χ4v) is 3.35. The van der Waals surface area contributed by atoms with Gasteiger partial charge in [-0.15, -0.1) is 0 Å². The van der Waals surface area contributed by atoms with E-state index < -0.39 is 6.04 Å². The molecule has 0 aliphatic carbocycles. The molecule has 0 bridgehead atoms. The number of aryl methyl sites for hydroxylation is 2. The van der Waals surface area contributed by atoms with Crippen LogP contribution in [0.2, 0.25) is 0 Å². The average Bonchev–Trinajstić information content (AvgIpc) is 2.78. The number of amides is 2. The highest BCUT2D eigenvalue weighted by atomic mass is 16.5. The van der Waals surface area contributed by atoms with Gasteiger partial charge >= 0.3 is 0 Å². The van der Waals surface area contributed by atoms with Gasteiger partial charge in [0.05, 0.1) is 7.11 Å². The molecule has 0 unspecified atom stereocenters. The summed E-state index contributed by atoms with van der Waals surface area (Å²) in [7, 11) is 1.61. The molecule has 0 aliphatic heterocycles. The van der Waals surface area contributed by atoms with Crippen molar-refractivity contribution in [2.45, 2.75) is 66.6 Å². The highest BCUT2D eigenvalue weighted by molar-refractivity contribution is 5.88. The predicted octanol–water partition coefficient (Wildman–Crippen LogP) is 4.33. The Hall–Kier alpha value is -3.02. The minimum atomic E-state index is -0.637. The average molecular weight is 441 g/mol. The molecule has 0 heterocycles. The number of benzene rings is 2. The van der Waals surface area contributed by atoms with E-state index in [1.807, 2.05) is 65.0 Å². The minimum absolute atomic E-state index is 0.0389. The summed E-state index contributed by atoms with van der Waals surface area (Å²) in [6.07, 6.45) is 0.819. The normalized spacial score (nSPS) is 12.6. The summed E-state index contributed by atoms with van der Waals surface area (Å²) < 4.78 is 11.1. The molecular weight excluding hydrogens is 404 g/mol. The Morgan fingerprint density at radius 1 is 1.06 bits per heavy atom. The first kappa shape index (κ1) is 25.2. The number of methoxy groups -OCH3 is 1. The van der Waals surface area contributed by atoms with E-state index in [1.54, 1.807) is 18.9 Å². The summed E-state index contributed by atoms with van der Waals surface area (Å²) in [5.41, 5.74) is 4.10. The fourth-order valence-electron chi connectivity index (χ4n) is 3.35. The lowest BCUT2D eigenvalue weighted by atomic mass is 10.1. The van der Waals surface area contributed by atoms with Crippen molar-refractivity contribution in [1.29, 1.82) is 0 Å². The summed E-state index contributed by atoms with van der Waals surface area (Å²) in [4.78, 5) is 27.6. The van der Waals surface area contributed by atoms with E-state index in [9.17, 15) is 9.59 Å². The number of rotatable bonds is 10. The summed E-state index contributed by atoms with van der Waals surface area (Å²) in [6.45, 7) is 11.9. The Balaban J connectivity index is 2.21. The lowest BCUT2D eigenvalue weighted by Crippen LogP contribution is -2.50. The molecule has 2 rings (SSSR count). The highest BCUT2D eigenvalue weighted by Crippen LogP contribution is 2.23. The van der Waals surface area contributed by atoms with Crippen LogP contribution in [0.3, 0.4) is 0 Å². The Bertz CT molecular complexity index is 924. The standard InChI is InChI=1S/C26H36N2O4/c1-8-19(4)27-26(30)21(6)28(15-22-9-11-23(31-7)12-10-22)25(29)16-32-24-14-17(2)13-18(3)20(24)5/h9-14,19,21H,8,15-16H2,1-7H3,(H,27,30)/t19-,21+/m0/s1. The van der Waals surface area contributed by atoms with E-state index >= 15 is 0 Å². The first-order chi connectivity index (χ1) is 15.2. The molecule has 0 spiro atoms. The lowest BCUT2D eigenvalue weighted by molar-refractivity contribution is -0.142. The molecule has 2 aromatic carbocycles. The molecule has 0 saturated heterocycles. The smallest absolute Gasteiger partial charge is 0.261 e. The first-order valence-electron chi connectivity index (χ1n) is 11.1. The second-order valence-electron chi connectivity index (χ2n) is 8.36. The van der Waals surface area contributed by atoms with Crippen LogP contribution in [0, 0.1) is 20.8 Å². The van der Waals surface area contributed by atoms with Gasteiger partial charge in [-0.3, -0.25) is 9.59 Å². The zero-order chi connectivity index (χ0) is 23.8. The van der Waals surface area contributed by atoms with E-state index in [4.69, 9.17) is 9.47 Å². The van der Waals surface area contributed by atoms with Crippen LogP contribution in [0.15, 0.2) is 36.4 Å². The third-order valence-electron chi connectivity index (χ3n) is 5.80. The van der Waals surface area contributed by atoms with Gasteiger partial charge in [0.15, 0.2) is 6.61 Å². The van der Waals surface area contributed by atoms with Crippen LogP contribution in [0.1, 0.15) is 49.4 Å². The van der Waals surface area contributed by atoms with Gasteiger partial charge in [-0.05, 0) is 81.5 Å². The maximum Gasteiger partial charge on any atom is 0.261 e. The minimum Gasteiger partial charge on any atom is -0.497 e. The van der Waals surface area contributed by atoms with E-state index in [1.165, 1.54) is 0 Å². The number of carbonyl (C=O) groups excluding carboxylic acids is 2. The van der Waals surface area contributed by atoms with Crippen molar-refractivity contribution in [2.24, 2.45) is 0 Å². The quantitative estimate of drug-likeness (QED) is 0.597. The summed E-state index contributed by atoms with van der Waals surface area (Å²) >= 11 is 0. The first-order valence-corrected chi connectivity index (χ1v) is 11.1. The Labute approximate surface area is 191 Å². The number of hydrogen-bond donors (Lipinski definition) is 1. The summed E-state index contributed by atoms with van der Waals surface area (Å²) in [6, 6.07) is 10.9. The molecule has 1 N–H and O–H groups in total. The lowest BCUT2D eigenvalue weighted by Gasteiger charge is -2.29. The monoisotopic (exact) mass is 440 g/mol. The second-order valence-corrected chi connectivity index (χ2v) is 8.36. The molecule has 2 amide bonds. The number of hydrogen-bond acceptors (Lipinski definition) is 4. The van der Waals surface area contributed by atoms with Crippen molar-refractivity contribution in [3.8, 4) is 11.5 Å². The molecule has 6 nitrogen and oxygen atoms in total. The molecular formula is C26H36N2O4. The predicted molar refractivity (Wildman–Crippen MR) is 127 cm³/mol. The Morgan fingerprint density at radius 3 is 2.31 bits per heavy atom. The van der Waals surface area contributed by atoms with Gasteiger partial charge in [-0.1, -0.05) is 25.1 Å². The van der Waals surface area contributed by atoms with Gasteiger partial charge in [-0.25, -0.2) is 0 Å². The van der Waals surface area contributed by atoms with Crippen LogP contribution in [-0.2, 0) is 16.1 Å². The maximum absolute atomic E-state index is 13.2. The van der Waals surface area contributed by atoms with E-state index in [0.717, 1.165) is 34.4 Å². The van der Waals surface area contributed by atoms with E-state index in [-0.39, 0.29) is 24.5 Å². The molecule has 0 aliphatic rings. The SMILES string of the molecule is CC[C@H](C)NC(=O)[C@@H](C)N(Cc1ccc(OC)cc1)C(=O)COc1cc(C)cc(C)c1C. The van der Waals surface area contributed by atoms with Crippen LogP contribution >= 0.6 is 0 Å². The number of carbonyl (C=O) groups is 2. The van der Waals surface area contributed by atoms with E-state index in [0.29, 0.717) is 12.3 Å². The fraction of sp³-hybridized carbons (Fsp3) is 0.462. The van der Waals surface area contributed by atoms with Crippen molar-refractivity contribution in [2.75, 3.05) is 13.7 Å².